The van der Waals surface area contributed by atoms with Gasteiger partial charge in [0.1, 0.15) is 6.26 Å². The van der Waals surface area contributed by atoms with Gasteiger partial charge in [-0.15, -0.1) is 10.2 Å². The smallest absolute Gasteiger partial charge is 0.318 e. The molecule has 0 aromatic carbocycles. The van der Waals surface area contributed by atoms with Gasteiger partial charge < -0.3 is 4.52 Å². The first-order valence-corrected chi connectivity index (χ1v) is 3.99. The Morgan fingerprint density at radius 1 is 1.31 bits per heavy atom. The van der Waals surface area contributed by atoms with E-state index in [0.717, 1.165) is 18.5 Å². The molecule has 1 amide bonds. The SMILES string of the molecule is O=C1N=NC(=C2CC2)c2conc21. The molecular weight excluding hydrogens is 170 g/mol. The van der Waals surface area contributed by atoms with Crippen LogP contribution in [0.5, 0.6) is 0 Å². The van der Waals surface area contributed by atoms with Gasteiger partial charge in [0.25, 0.3) is 0 Å². The van der Waals surface area contributed by atoms with Gasteiger partial charge in [0.05, 0.1) is 11.3 Å². The topological polar surface area (TPSA) is 67.8 Å². The van der Waals surface area contributed by atoms with Crippen molar-refractivity contribution in [3.8, 4) is 0 Å². The Morgan fingerprint density at radius 3 is 2.92 bits per heavy atom. The van der Waals surface area contributed by atoms with Crippen LogP contribution in [0.25, 0.3) is 5.70 Å². The van der Waals surface area contributed by atoms with Crippen molar-refractivity contribution in [3.63, 3.8) is 0 Å². The zero-order valence-corrected chi connectivity index (χ0v) is 6.65. The van der Waals surface area contributed by atoms with Crippen LogP contribution in [0.4, 0.5) is 0 Å². The molecule has 1 aromatic rings. The van der Waals surface area contributed by atoms with Gasteiger partial charge in [0.2, 0.25) is 0 Å². The van der Waals surface area contributed by atoms with E-state index in [9.17, 15) is 4.79 Å². The summed E-state index contributed by atoms with van der Waals surface area (Å²) >= 11 is 0. The predicted octanol–water partition coefficient (Wildman–Crippen LogP) is 1.79. The van der Waals surface area contributed by atoms with Gasteiger partial charge in [0.15, 0.2) is 5.69 Å². The summed E-state index contributed by atoms with van der Waals surface area (Å²) < 4.78 is 4.72. The molecule has 0 saturated heterocycles. The maximum atomic E-state index is 11.1. The average Bonchev–Trinajstić information content (AvgIpc) is 2.83. The third-order valence-electron chi connectivity index (χ3n) is 2.10. The van der Waals surface area contributed by atoms with Gasteiger partial charge in [-0.25, -0.2) is 0 Å². The fraction of sp³-hybridized carbons (Fsp3) is 0.250. The van der Waals surface area contributed by atoms with Crippen LogP contribution in [0.1, 0.15) is 28.9 Å². The largest absolute Gasteiger partial charge is 0.363 e. The van der Waals surface area contributed by atoms with E-state index in [4.69, 9.17) is 4.52 Å². The number of carbonyl (C=O) groups is 1. The third-order valence-corrected chi connectivity index (χ3v) is 2.10. The zero-order chi connectivity index (χ0) is 8.84. The van der Waals surface area contributed by atoms with Crippen molar-refractivity contribution in [1.29, 1.82) is 0 Å². The molecule has 2 heterocycles. The molecule has 0 radical (unpaired) electrons. The lowest BCUT2D eigenvalue weighted by atomic mass is 10.1. The number of allylic oxidation sites excluding steroid dienone is 1. The highest BCUT2D eigenvalue weighted by atomic mass is 16.5. The van der Waals surface area contributed by atoms with E-state index in [1.165, 1.54) is 11.8 Å². The Hall–Kier alpha value is -1.78. The summed E-state index contributed by atoms with van der Waals surface area (Å²) in [6, 6.07) is 0. The molecule has 0 unspecified atom stereocenters. The molecule has 1 aromatic heterocycles. The number of amides is 1. The summed E-state index contributed by atoms with van der Waals surface area (Å²) in [6.07, 6.45) is 3.52. The van der Waals surface area contributed by atoms with Gasteiger partial charge in [-0.1, -0.05) is 5.16 Å². The number of hydrogen-bond donors (Lipinski definition) is 0. The van der Waals surface area contributed by atoms with E-state index in [2.05, 4.69) is 15.4 Å². The van der Waals surface area contributed by atoms with Crippen molar-refractivity contribution in [1.82, 2.24) is 5.16 Å². The second-order valence-corrected chi connectivity index (χ2v) is 3.03. The molecule has 2 aliphatic rings. The molecule has 64 valence electrons. The lowest BCUT2D eigenvalue weighted by Gasteiger charge is -2.01. The minimum absolute atomic E-state index is 0.282. The molecule has 0 bridgehead atoms. The summed E-state index contributed by atoms with van der Waals surface area (Å²) in [7, 11) is 0. The van der Waals surface area contributed by atoms with Crippen molar-refractivity contribution in [2.75, 3.05) is 0 Å². The first-order valence-electron chi connectivity index (χ1n) is 3.99. The Bertz CT molecular complexity index is 450. The highest BCUT2D eigenvalue weighted by molar-refractivity contribution is 6.00. The van der Waals surface area contributed by atoms with Crippen LogP contribution in [0.3, 0.4) is 0 Å². The van der Waals surface area contributed by atoms with E-state index in [1.54, 1.807) is 0 Å². The van der Waals surface area contributed by atoms with Gasteiger partial charge >= 0.3 is 5.91 Å². The van der Waals surface area contributed by atoms with Crippen molar-refractivity contribution >= 4 is 11.6 Å². The zero-order valence-electron chi connectivity index (χ0n) is 6.65. The number of aromatic nitrogens is 1. The summed E-state index contributed by atoms with van der Waals surface area (Å²) in [4.78, 5) is 11.1. The first kappa shape index (κ1) is 6.71. The Balaban J connectivity index is 2.26. The maximum Gasteiger partial charge on any atom is 0.318 e. The fourth-order valence-corrected chi connectivity index (χ4v) is 1.32. The van der Waals surface area contributed by atoms with Crippen molar-refractivity contribution in [2.45, 2.75) is 12.8 Å². The minimum Gasteiger partial charge on any atom is -0.363 e. The van der Waals surface area contributed by atoms with E-state index in [0.29, 0.717) is 5.56 Å². The fourth-order valence-electron chi connectivity index (χ4n) is 1.32. The Morgan fingerprint density at radius 2 is 2.15 bits per heavy atom. The predicted molar refractivity (Wildman–Crippen MR) is 41.8 cm³/mol. The second kappa shape index (κ2) is 2.12. The molecule has 5 heteroatoms. The normalized spacial score (nSPS) is 19.2. The van der Waals surface area contributed by atoms with Crippen LogP contribution >= 0.6 is 0 Å². The number of hydrogen-bond acceptors (Lipinski definition) is 4. The lowest BCUT2D eigenvalue weighted by molar-refractivity contribution is 0.0984. The van der Waals surface area contributed by atoms with E-state index < -0.39 is 5.91 Å². The molecule has 1 fully saturated rings. The van der Waals surface area contributed by atoms with Gasteiger partial charge in [-0.05, 0) is 18.4 Å². The monoisotopic (exact) mass is 175 g/mol. The summed E-state index contributed by atoms with van der Waals surface area (Å²) in [5, 5.41) is 10.9. The summed E-state index contributed by atoms with van der Waals surface area (Å²) in [5.74, 6) is -0.422. The van der Waals surface area contributed by atoms with E-state index in [-0.39, 0.29) is 5.69 Å². The third kappa shape index (κ3) is 0.867. The van der Waals surface area contributed by atoms with Crippen LogP contribution in [-0.4, -0.2) is 11.1 Å². The number of fused-ring (bicyclic) bond motifs is 1. The first-order chi connectivity index (χ1) is 6.36. The molecule has 1 saturated carbocycles. The van der Waals surface area contributed by atoms with Gasteiger partial charge in [0, 0.05) is 0 Å². The van der Waals surface area contributed by atoms with Crippen LogP contribution in [-0.2, 0) is 0 Å². The minimum atomic E-state index is -0.422. The van der Waals surface area contributed by atoms with E-state index in [1.807, 2.05) is 0 Å². The summed E-state index contributed by atoms with van der Waals surface area (Å²) in [6.45, 7) is 0. The Kier molecular flexibility index (Phi) is 1.10. The van der Waals surface area contributed by atoms with Crippen LogP contribution in [0.2, 0.25) is 0 Å². The molecule has 1 aliphatic carbocycles. The average molecular weight is 175 g/mol. The van der Waals surface area contributed by atoms with E-state index >= 15 is 0 Å². The van der Waals surface area contributed by atoms with Crippen molar-refractivity contribution in [3.05, 3.63) is 23.1 Å². The molecular formula is C8H5N3O2. The van der Waals surface area contributed by atoms with Crippen molar-refractivity contribution < 1.29 is 9.32 Å². The Labute approximate surface area is 73.1 Å². The molecule has 0 N–H and O–H groups in total. The second-order valence-electron chi connectivity index (χ2n) is 3.03. The molecule has 0 spiro atoms. The number of rotatable bonds is 0. The highest BCUT2D eigenvalue weighted by Crippen LogP contribution is 2.39. The van der Waals surface area contributed by atoms with Crippen LogP contribution < -0.4 is 0 Å². The molecule has 1 aliphatic heterocycles. The highest BCUT2D eigenvalue weighted by Gasteiger charge is 2.29. The van der Waals surface area contributed by atoms with Gasteiger partial charge in [-0.2, -0.15) is 0 Å². The van der Waals surface area contributed by atoms with Crippen LogP contribution in [0, 0.1) is 0 Å². The van der Waals surface area contributed by atoms with Crippen LogP contribution in [0.15, 0.2) is 26.6 Å². The standard InChI is InChI=1S/C8H5N3O2/c12-8-7-5(3-13-11-7)6(9-10-8)4-1-2-4/h3H,1-2H2. The number of carbonyl (C=O) groups excluding carboxylic acids is 1. The van der Waals surface area contributed by atoms with Gasteiger partial charge in [-0.3, -0.25) is 4.79 Å². The molecule has 0 atom stereocenters. The summed E-state index contributed by atoms with van der Waals surface area (Å²) in [5.41, 5.74) is 2.97. The molecule has 3 rings (SSSR count). The maximum absolute atomic E-state index is 11.1. The quantitative estimate of drug-likeness (QED) is 0.603. The van der Waals surface area contributed by atoms with Crippen molar-refractivity contribution in [2.24, 2.45) is 10.2 Å². The molecule has 13 heavy (non-hydrogen) atoms. The number of nitrogens with zero attached hydrogens (tertiary/aromatic N) is 3. The molecule has 5 nitrogen and oxygen atoms in total. The number of azo groups is 1. The lowest BCUT2D eigenvalue weighted by Crippen LogP contribution is -2.02.